The lowest BCUT2D eigenvalue weighted by Gasteiger charge is -2.40. The van der Waals surface area contributed by atoms with Crippen molar-refractivity contribution < 1.29 is 27.0 Å². The zero-order valence-corrected chi connectivity index (χ0v) is 20.7. The summed E-state index contributed by atoms with van der Waals surface area (Å²) in [4.78, 5) is 10.8. The summed E-state index contributed by atoms with van der Waals surface area (Å²) in [6.07, 6.45) is 9.21. The Balaban J connectivity index is 1.36. The topological polar surface area (TPSA) is 90.8 Å². The summed E-state index contributed by atoms with van der Waals surface area (Å²) in [5.41, 5.74) is 0.564. The summed E-state index contributed by atoms with van der Waals surface area (Å²) in [7, 11) is -1.72. The van der Waals surface area contributed by atoms with Gasteiger partial charge in [-0.2, -0.15) is 0 Å². The van der Waals surface area contributed by atoms with E-state index in [0.29, 0.717) is 23.6 Å². The van der Waals surface area contributed by atoms with Gasteiger partial charge >= 0.3 is 0 Å². The van der Waals surface area contributed by atoms with Crippen molar-refractivity contribution in [2.24, 2.45) is 0 Å². The van der Waals surface area contributed by atoms with Crippen molar-refractivity contribution >= 4 is 9.84 Å². The van der Waals surface area contributed by atoms with E-state index in [1.165, 1.54) is 31.3 Å². The molecule has 1 aliphatic heterocycles. The normalized spacial score (nSPS) is 22.5. The minimum absolute atomic E-state index is 0.0406. The molecule has 8 nitrogen and oxygen atoms in total. The van der Waals surface area contributed by atoms with Crippen LogP contribution < -0.4 is 9.47 Å². The molecule has 2 heterocycles. The highest BCUT2D eigenvalue weighted by Crippen LogP contribution is 2.32. The minimum Gasteiger partial charge on any atom is -0.474 e. The second kappa shape index (κ2) is 10.5. The number of piperidine rings is 1. The summed E-state index contributed by atoms with van der Waals surface area (Å²) >= 11 is 0. The quantitative estimate of drug-likeness (QED) is 0.573. The lowest BCUT2D eigenvalue weighted by Crippen LogP contribution is -2.46. The van der Waals surface area contributed by atoms with E-state index in [-0.39, 0.29) is 22.6 Å². The Hall–Kier alpha value is -2.30. The van der Waals surface area contributed by atoms with Crippen LogP contribution in [0.4, 0.5) is 4.39 Å². The Morgan fingerprint density at radius 3 is 2.29 bits per heavy atom. The van der Waals surface area contributed by atoms with E-state index in [1.807, 2.05) is 0 Å². The molecule has 1 aromatic heterocycles. The third-order valence-corrected chi connectivity index (χ3v) is 7.89. The number of halogens is 1. The average molecular weight is 494 g/mol. The largest absolute Gasteiger partial charge is 0.474 e. The molecule has 10 heteroatoms. The van der Waals surface area contributed by atoms with Crippen LogP contribution in [-0.4, -0.2) is 68.0 Å². The molecule has 0 radical (unpaired) electrons. The molecular weight excluding hydrogens is 461 g/mol. The first kappa shape index (κ1) is 24.8. The summed E-state index contributed by atoms with van der Waals surface area (Å²) in [5.74, 6) is -0.312. The number of methoxy groups -OCH3 is 1. The molecule has 0 atom stereocenters. The fraction of sp³-hybridized carbons (Fsp3) is 0.583. The zero-order chi connectivity index (χ0) is 24.3. The van der Waals surface area contributed by atoms with Crippen molar-refractivity contribution in [2.45, 2.75) is 68.6 Å². The SMILES string of the molecule is COC1CCC(N2CCC(Oc3ncnc(Oc4ccc(S(C)(=O)=O)cc4F)c3C)CC2)CC1. The molecule has 1 saturated heterocycles. The molecule has 2 fully saturated rings. The van der Waals surface area contributed by atoms with Gasteiger partial charge in [0.2, 0.25) is 11.8 Å². The van der Waals surface area contributed by atoms with Gasteiger partial charge in [0.05, 0.1) is 16.6 Å². The number of likely N-dealkylation sites (tertiary alicyclic amines) is 1. The Kier molecular flexibility index (Phi) is 7.69. The van der Waals surface area contributed by atoms with Crippen LogP contribution >= 0.6 is 0 Å². The number of hydrogen-bond donors (Lipinski definition) is 0. The number of aromatic nitrogens is 2. The molecular formula is C24H32FN3O5S. The maximum Gasteiger partial charge on any atom is 0.229 e. The van der Waals surface area contributed by atoms with Gasteiger partial charge in [-0.25, -0.2) is 22.8 Å². The van der Waals surface area contributed by atoms with Crippen LogP contribution in [0.3, 0.4) is 0 Å². The zero-order valence-electron chi connectivity index (χ0n) is 19.9. The van der Waals surface area contributed by atoms with E-state index in [4.69, 9.17) is 14.2 Å². The van der Waals surface area contributed by atoms with Crippen LogP contribution in [0.2, 0.25) is 0 Å². The molecule has 1 saturated carbocycles. The molecule has 4 rings (SSSR count). The van der Waals surface area contributed by atoms with E-state index < -0.39 is 15.7 Å². The average Bonchev–Trinajstić information content (AvgIpc) is 2.82. The maximum atomic E-state index is 14.4. The third kappa shape index (κ3) is 5.84. The molecule has 1 aromatic carbocycles. The Morgan fingerprint density at radius 1 is 1.00 bits per heavy atom. The summed E-state index contributed by atoms with van der Waals surface area (Å²) in [6.45, 7) is 3.73. The highest BCUT2D eigenvalue weighted by molar-refractivity contribution is 7.90. The van der Waals surface area contributed by atoms with E-state index in [9.17, 15) is 12.8 Å². The van der Waals surface area contributed by atoms with Crippen LogP contribution in [0.5, 0.6) is 17.5 Å². The highest BCUT2D eigenvalue weighted by Gasteiger charge is 2.30. The third-order valence-electron chi connectivity index (χ3n) is 6.78. The van der Waals surface area contributed by atoms with Gasteiger partial charge in [0.15, 0.2) is 21.4 Å². The summed E-state index contributed by atoms with van der Waals surface area (Å²) in [5, 5.41) is 0. The fourth-order valence-electron chi connectivity index (χ4n) is 4.70. The van der Waals surface area contributed by atoms with E-state index in [1.54, 1.807) is 14.0 Å². The number of hydrogen-bond acceptors (Lipinski definition) is 8. The summed E-state index contributed by atoms with van der Waals surface area (Å²) < 4.78 is 55.0. The van der Waals surface area contributed by atoms with Gasteiger partial charge in [-0.15, -0.1) is 0 Å². The van der Waals surface area contributed by atoms with Crippen molar-refractivity contribution in [2.75, 3.05) is 26.5 Å². The first-order chi connectivity index (χ1) is 16.2. The molecule has 0 unspecified atom stereocenters. The monoisotopic (exact) mass is 493 g/mol. The molecule has 0 N–H and O–H groups in total. The number of benzene rings is 1. The Morgan fingerprint density at radius 2 is 1.68 bits per heavy atom. The van der Waals surface area contributed by atoms with Crippen LogP contribution in [0.25, 0.3) is 0 Å². The van der Waals surface area contributed by atoms with Crippen molar-refractivity contribution in [1.29, 1.82) is 0 Å². The molecule has 1 aliphatic carbocycles. The van der Waals surface area contributed by atoms with Gasteiger partial charge in [-0.3, -0.25) is 0 Å². The minimum atomic E-state index is -3.51. The van der Waals surface area contributed by atoms with Crippen molar-refractivity contribution in [3.63, 3.8) is 0 Å². The molecule has 0 amide bonds. The van der Waals surface area contributed by atoms with Gasteiger partial charge in [0.25, 0.3) is 0 Å². The standard InChI is InChI=1S/C24H32FN3O5S/c1-16-23(32-19-10-12-28(13-11-19)17-4-6-18(31-2)7-5-17)26-15-27-24(16)33-22-9-8-20(14-21(22)25)34(3,29)30/h8-9,14-15,17-19H,4-7,10-13H2,1-3H3. The first-order valence-electron chi connectivity index (χ1n) is 11.7. The van der Waals surface area contributed by atoms with E-state index in [0.717, 1.165) is 51.1 Å². The van der Waals surface area contributed by atoms with Gasteiger partial charge in [0.1, 0.15) is 12.4 Å². The smallest absolute Gasteiger partial charge is 0.229 e. The first-order valence-corrected chi connectivity index (χ1v) is 13.6. The Bertz CT molecular complexity index is 1100. The lowest BCUT2D eigenvalue weighted by molar-refractivity contribution is 0.0183. The number of rotatable bonds is 7. The van der Waals surface area contributed by atoms with E-state index >= 15 is 0 Å². The molecule has 2 aliphatic rings. The predicted octanol–water partition coefficient (Wildman–Crippen LogP) is 3.92. The number of nitrogens with zero attached hydrogens (tertiary/aromatic N) is 3. The fourth-order valence-corrected chi connectivity index (χ4v) is 5.34. The van der Waals surface area contributed by atoms with Crippen molar-refractivity contribution in [3.05, 3.63) is 35.9 Å². The molecule has 0 spiro atoms. The second-order valence-corrected chi connectivity index (χ2v) is 11.1. The van der Waals surface area contributed by atoms with Crippen molar-refractivity contribution in [3.8, 4) is 17.5 Å². The summed E-state index contributed by atoms with van der Waals surface area (Å²) in [6, 6.07) is 4.15. The molecule has 34 heavy (non-hydrogen) atoms. The van der Waals surface area contributed by atoms with Gasteiger partial charge in [-0.1, -0.05) is 0 Å². The Labute approximate surface area is 200 Å². The van der Waals surface area contributed by atoms with Crippen LogP contribution in [-0.2, 0) is 14.6 Å². The van der Waals surface area contributed by atoms with Gasteiger partial charge in [0, 0.05) is 32.5 Å². The second-order valence-electron chi connectivity index (χ2n) is 9.09. The molecule has 2 aromatic rings. The lowest BCUT2D eigenvalue weighted by atomic mass is 9.90. The van der Waals surface area contributed by atoms with Gasteiger partial charge in [-0.05, 0) is 63.6 Å². The number of sulfone groups is 1. The van der Waals surface area contributed by atoms with Crippen LogP contribution in [0, 0.1) is 12.7 Å². The molecule has 186 valence electrons. The van der Waals surface area contributed by atoms with Gasteiger partial charge < -0.3 is 19.1 Å². The maximum absolute atomic E-state index is 14.4. The number of ether oxygens (including phenoxy) is 3. The van der Waals surface area contributed by atoms with Crippen molar-refractivity contribution in [1.82, 2.24) is 14.9 Å². The highest BCUT2D eigenvalue weighted by atomic mass is 32.2. The van der Waals surface area contributed by atoms with E-state index in [2.05, 4.69) is 14.9 Å². The van der Waals surface area contributed by atoms with Crippen LogP contribution in [0.15, 0.2) is 29.4 Å². The molecule has 0 bridgehead atoms. The van der Waals surface area contributed by atoms with Crippen LogP contribution in [0.1, 0.15) is 44.1 Å². The predicted molar refractivity (Wildman–Crippen MR) is 125 cm³/mol.